The highest BCUT2D eigenvalue weighted by atomic mass is 28.4. The molecule has 0 saturated carbocycles. The van der Waals surface area contributed by atoms with Crippen LogP contribution in [0.3, 0.4) is 0 Å². The molecule has 0 bridgehead atoms. The fourth-order valence-corrected chi connectivity index (χ4v) is 9.83. The Balaban J connectivity index is 4.30. The highest BCUT2D eigenvalue weighted by Crippen LogP contribution is 2.16. The maximum atomic E-state index is 10.8. The number of hydrogen-bond acceptors (Lipinski definition) is 15. The van der Waals surface area contributed by atoms with Gasteiger partial charge in [0.15, 0.2) is 0 Å². The summed E-state index contributed by atoms with van der Waals surface area (Å²) >= 11 is 0. The Kier molecular flexibility index (Phi) is 37.7. The Labute approximate surface area is 343 Å². The molecule has 15 nitrogen and oxygen atoms in total. The molecule has 0 fully saturated rings. The Hall–Kier alpha value is -0.166. The molecule has 0 spiro atoms. The van der Waals surface area contributed by atoms with Crippen molar-refractivity contribution in [2.45, 2.75) is 121 Å². The number of rotatable bonds is 44. The predicted molar refractivity (Wildman–Crippen MR) is 226 cm³/mol. The molecule has 4 unspecified atom stereocenters. The van der Waals surface area contributed by atoms with Crippen LogP contribution in [0.5, 0.6) is 0 Å². The average molecular weight is 846 g/mol. The highest BCUT2D eigenvalue weighted by Gasteiger charge is 2.37. The number of ether oxygens (including phenoxy) is 3. The molecule has 0 aromatic heterocycles. The van der Waals surface area contributed by atoms with Crippen LogP contribution in [0.2, 0.25) is 12.1 Å². The van der Waals surface area contributed by atoms with Crippen molar-refractivity contribution in [2.75, 3.05) is 128 Å². The van der Waals surface area contributed by atoms with Crippen molar-refractivity contribution in [3.63, 3.8) is 0 Å². The van der Waals surface area contributed by atoms with Gasteiger partial charge in [0.05, 0.1) is 38.1 Å². The van der Waals surface area contributed by atoms with E-state index in [1.807, 2.05) is 0 Å². The first-order valence-electron chi connectivity index (χ1n) is 21.3. The van der Waals surface area contributed by atoms with Crippen molar-refractivity contribution >= 4 is 17.6 Å². The number of aliphatic hydroxyl groups excluding tert-OH is 3. The van der Waals surface area contributed by atoms with Crippen molar-refractivity contribution < 1.29 is 56.1 Å². The van der Waals surface area contributed by atoms with Crippen LogP contribution in [0.4, 0.5) is 0 Å². The van der Waals surface area contributed by atoms with E-state index in [1.54, 1.807) is 42.7 Å². The minimum absolute atomic E-state index is 0.223. The molecule has 0 heterocycles. The normalized spacial score (nSPS) is 14.8. The van der Waals surface area contributed by atoms with Crippen molar-refractivity contribution in [1.29, 1.82) is 0 Å². The molecule has 0 aromatic carbocycles. The Morgan fingerprint density at radius 1 is 0.518 bits per heavy atom. The molecule has 56 heavy (non-hydrogen) atoms. The molecule has 0 saturated heterocycles. The summed E-state index contributed by atoms with van der Waals surface area (Å²) < 4.78 is 50.0. The van der Waals surface area contributed by atoms with Gasteiger partial charge in [0.1, 0.15) is 0 Å². The molecular formula is C39H87N3O12Si2. The van der Waals surface area contributed by atoms with E-state index in [2.05, 4.69) is 29.4 Å². The largest absolute Gasteiger partial charge is 0.500 e. The first-order valence-corrected chi connectivity index (χ1v) is 25.2. The van der Waals surface area contributed by atoms with E-state index in [4.69, 9.17) is 40.8 Å². The smallest absolute Gasteiger partial charge is 0.389 e. The summed E-state index contributed by atoms with van der Waals surface area (Å²) in [5.74, 6) is 0.531. The maximum absolute atomic E-state index is 10.8. The van der Waals surface area contributed by atoms with E-state index in [0.29, 0.717) is 77.1 Å². The molecular weight excluding hydrogens is 759 g/mol. The van der Waals surface area contributed by atoms with Gasteiger partial charge in [-0.25, -0.2) is 0 Å². The lowest BCUT2D eigenvalue weighted by Crippen LogP contribution is -2.43. The van der Waals surface area contributed by atoms with Crippen LogP contribution in [-0.4, -0.2) is 184 Å². The van der Waals surface area contributed by atoms with Crippen LogP contribution in [-0.2, 0) is 40.8 Å². The zero-order chi connectivity index (χ0) is 41.8. The van der Waals surface area contributed by atoms with Crippen molar-refractivity contribution in [3.8, 4) is 0 Å². The number of unbranched alkanes of at least 4 members (excludes halogenated alkanes) is 5. The zero-order valence-corrected chi connectivity index (χ0v) is 38.9. The molecule has 0 rings (SSSR count). The summed E-state index contributed by atoms with van der Waals surface area (Å²) in [6.45, 7) is 11.9. The lowest BCUT2D eigenvalue weighted by molar-refractivity contribution is -0.0165. The van der Waals surface area contributed by atoms with Gasteiger partial charge in [0, 0.05) is 94.2 Å². The first kappa shape index (κ1) is 55.8. The van der Waals surface area contributed by atoms with Gasteiger partial charge in [-0.3, -0.25) is 4.90 Å². The van der Waals surface area contributed by atoms with Gasteiger partial charge in [-0.2, -0.15) is 0 Å². The predicted octanol–water partition coefficient (Wildman–Crippen LogP) is 3.69. The van der Waals surface area contributed by atoms with Crippen LogP contribution in [0, 0.1) is 5.92 Å². The molecule has 0 aliphatic carbocycles. The number of hydrogen-bond donors (Lipinski definition) is 5. The van der Waals surface area contributed by atoms with E-state index in [9.17, 15) is 15.3 Å². The first-order chi connectivity index (χ1) is 27.1. The quantitative estimate of drug-likeness (QED) is 0.0444. The van der Waals surface area contributed by atoms with Gasteiger partial charge in [0.25, 0.3) is 0 Å². The SMILES string of the molecule is CCCCC(CC)COCC(O)CN(CCCCCNCCCCCNCC(O)COCCC[Si](OC)(OC)OC)CC(O)COCCC[Si](OC)(OC)OC. The summed E-state index contributed by atoms with van der Waals surface area (Å²) in [5.41, 5.74) is 0. The molecule has 5 N–H and O–H groups in total. The van der Waals surface area contributed by atoms with Crippen molar-refractivity contribution in [3.05, 3.63) is 0 Å². The second kappa shape index (κ2) is 37.8. The summed E-state index contributed by atoms with van der Waals surface area (Å²) in [6, 6.07) is 1.32. The van der Waals surface area contributed by atoms with Crippen LogP contribution in [0.25, 0.3) is 0 Å². The molecule has 0 amide bonds. The van der Waals surface area contributed by atoms with E-state index >= 15 is 0 Å². The molecule has 338 valence electrons. The highest BCUT2D eigenvalue weighted by molar-refractivity contribution is 6.60. The Bertz CT molecular complexity index is 824. The number of nitrogens with one attached hydrogen (secondary N) is 2. The van der Waals surface area contributed by atoms with E-state index in [0.717, 1.165) is 84.0 Å². The molecule has 0 radical (unpaired) electrons. The second-order valence-electron chi connectivity index (χ2n) is 14.7. The Morgan fingerprint density at radius 3 is 1.46 bits per heavy atom. The van der Waals surface area contributed by atoms with Gasteiger partial charge in [-0.05, 0) is 77.0 Å². The summed E-state index contributed by atoms with van der Waals surface area (Å²) in [7, 11) is 4.42. The van der Waals surface area contributed by atoms with Crippen molar-refractivity contribution in [1.82, 2.24) is 15.5 Å². The third kappa shape index (κ3) is 29.1. The average Bonchev–Trinajstić information content (AvgIpc) is 3.21. The molecule has 17 heteroatoms. The zero-order valence-electron chi connectivity index (χ0n) is 36.9. The van der Waals surface area contributed by atoms with Gasteiger partial charge >= 0.3 is 17.6 Å². The molecule has 0 aromatic rings. The van der Waals surface area contributed by atoms with E-state index < -0.39 is 35.9 Å². The van der Waals surface area contributed by atoms with Crippen LogP contribution >= 0.6 is 0 Å². The fraction of sp³-hybridized carbons (Fsp3) is 1.00. The minimum atomic E-state index is -2.63. The van der Waals surface area contributed by atoms with E-state index in [1.165, 1.54) is 12.8 Å². The van der Waals surface area contributed by atoms with Gasteiger partial charge < -0.3 is 66.7 Å². The van der Waals surface area contributed by atoms with Gasteiger partial charge in [0.2, 0.25) is 0 Å². The molecule has 4 atom stereocenters. The number of nitrogens with zero attached hydrogens (tertiary/aromatic N) is 1. The van der Waals surface area contributed by atoms with Crippen LogP contribution in [0.15, 0.2) is 0 Å². The molecule has 0 aliphatic rings. The fourth-order valence-electron chi connectivity index (χ4n) is 6.45. The van der Waals surface area contributed by atoms with Gasteiger partial charge in [-0.15, -0.1) is 0 Å². The Morgan fingerprint density at radius 2 is 0.982 bits per heavy atom. The maximum Gasteiger partial charge on any atom is 0.500 e. The minimum Gasteiger partial charge on any atom is -0.389 e. The summed E-state index contributed by atoms with van der Waals surface area (Å²) in [4.78, 5) is 2.14. The third-order valence-electron chi connectivity index (χ3n) is 10.1. The topological polar surface area (TPSA) is 171 Å². The van der Waals surface area contributed by atoms with Gasteiger partial charge in [-0.1, -0.05) is 46.0 Å². The second-order valence-corrected chi connectivity index (χ2v) is 20.9. The lowest BCUT2D eigenvalue weighted by Gasteiger charge is -2.28. The standard InChI is InChI=1S/C39H87N3O12Si2/c1-9-11-20-36(10-2)32-54-35-39(45)31-42(30-38(44)34-53-26-19-28-56(49-6,50-7)51-8)24-17-13-16-22-40-21-14-12-15-23-41-29-37(43)33-52-25-18-27-55(46-3,47-4)48-5/h36-41,43-45H,9-35H2,1-8H3. The number of aliphatic hydroxyl groups is 3. The summed E-state index contributed by atoms with van der Waals surface area (Å²) in [5, 5.41) is 38.7. The summed E-state index contributed by atoms with van der Waals surface area (Å²) in [6.07, 6.45) is 10.7. The molecule has 0 aliphatic heterocycles. The van der Waals surface area contributed by atoms with E-state index in [-0.39, 0.29) is 6.61 Å². The third-order valence-corrected chi connectivity index (χ3v) is 15.8. The monoisotopic (exact) mass is 846 g/mol. The van der Waals surface area contributed by atoms with Crippen LogP contribution in [0.1, 0.15) is 90.9 Å². The lowest BCUT2D eigenvalue weighted by atomic mass is 10.0. The van der Waals surface area contributed by atoms with Crippen LogP contribution < -0.4 is 10.6 Å². The van der Waals surface area contributed by atoms with Crippen molar-refractivity contribution in [2.24, 2.45) is 5.92 Å².